The lowest BCUT2D eigenvalue weighted by molar-refractivity contribution is -0.133. The summed E-state index contributed by atoms with van der Waals surface area (Å²) < 4.78 is 22.1. The first-order valence-corrected chi connectivity index (χ1v) is 11.3. The van der Waals surface area contributed by atoms with Gasteiger partial charge in [-0.05, 0) is 47.9 Å². The number of carbonyl (C=O) groups excluding carboxylic acids is 1. The molecule has 2 N–H and O–H groups in total. The van der Waals surface area contributed by atoms with E-state index in [1.807, 2.05) is 43.3 Å². The van der Waals surface area contributed by atoms with Crippen LogP contribution in [0.3, 0.4) is 0 Å². The van der Waals surface area contributed by atoms with Crippen molar-refractivity contribution in [1.82, 2.24) is 0 Å². The summed E-state index contributed by atoms with van der Waals surface area (Å²) in [5.74, 6) is 1.45. The summed E-state index contributed by atoms with van der Waals surface area (Å²) in [5.41, 5.74) is 8.86. The largest absolute Gasteiger partial charge is 0.497 e. The number of nitriles is 1. The third kappa shape index (κ3) is 5.39. The van der Waals surface area contributed by atoms with Gasteiger partial charge in [0.2, 0.25) is 5.88 Å². The minimum atomic E-state index is -0.411. The van der Waals surface area contributed by atoms with Gasteiger partial charge in [-0.3, -0.25) is 4.79 Å². The first kappa shape index (κ1) is 23.7. The second-order valence-corrected chi connectivity index (χ2v) is 8.04. The molecule has 4 rings (SSSR count). The fourth-order valence-electron chi connectivity index (χ4n) is 3.90. The van der Waals surface area contributed by atoms with Gasteiger partial charge in [-0.1, -0.05) is 37.3 Å². The number of fused-ring (bicyclic) bond motifs is 1. The lowest BCUT2D eigenvalue weighted by Crippen LogP contribution is -2.21. The van der Waals surface area contributed by atoms with Gasteiger partial charge in [0.1, 0.15) is 34.6 Å². The highest BCUT2D eigenvalue weighted by Crippen LogP contribution is 2.43. The predicted molar refractivity (Wildman–Crippen MR) is 130 cm³/mol. The normalized spacial score (nSPS) is 14.4. The van der Waals surface area contributed by atoms with Crippen LogP contribution in [-0.4, -0.2) is 19.7 Å². The van der Waals surface area contributed by atoms with E-state index >= 15 is 0 Å². The molecule has 1 aliphatic heterocycles. The molecule has 0 amide bonds. The van der Waals surface area contributed by atoms with Crippen LogP contribution < -0.4 is 24.7 Å². The van der Waals surface area contributed by atoms with Gasteiger partial charge in [0, 0.05) is 11.6 Å². The third-order valence-corrected chi connectivity index (χ3v) is 5.62. The number of benzene rings is 3. The van der Waals surface area contributed by atoms with Crippen LogP contribution in [0, 0.1) is 11.3 Å². The van der Waals surface area contributed by atoms with E-state index in [1.165, 1.54) is 0 Å². The van der Waals surface area contributed by atoms with E-state index in [0.717, 1.165) is 28.9 Å². The highest BCUT2D eigenvalue weighted by atomic mass is 16.5. The minimum Gasteiger partial charge on any atom is -0.497 e. The number of allylic oxidation sites excluding steroid dienone is 1. The topological polar surface area (TPSA) is 104 Å². The summed E-state index contributed by atoms with van der Waals surface area (Å²) in [6, 6.07) is 22.1. The summed E-state index contributed by atoms with van der Waals surface area (Å²) in [5, 5.41) is 9.77. The molecule has 0 saturated heterocycles. The summed E-state index contributed by atoms with van der Waals surface area (Å²) in [6.45, 7) is 2.68. The number of methoxy groups -OCH3 is 1. The molecule has 0 saturated carbocycles. The number of hydrogen-bond acceptors (Lipinski definition) is 7. The van der Waals surface area contributed by atoms with Crippen molar-refractivity contribution in [3.63, 3.8) is 0 Å². The average Bonchev–Trinajstić information content (AvgIpc) is 2.87. The lowest BCUT2D eigenvalue weighted by Gasteiger charge is -2.26. The molecule has 0 aromatic heterocycles. The Morgan fingerprint density at radius 1 is 1.03 bits per heavy atom. The Hall–Kier alpha value is -4.44. The molecule has 7 heteroatoms. The SMILES string of the molecule is CCCOc1ccc(C2C(C#N)=C(N)Oc3cc(OC(=O)Cc4ccc(OC)cc4)ccc32)cc1. The molecular formula is C28H26N2O5. The van der Waals surface area contributed by atoms with E-state index in [4.69, 9.17) is 24.7 Å². The summed E-state index contributed by atoms with van der Waals surface area (Å²) in [4.78, 5) is 12.5. The molecule has 0 aliphatic carbocycles. The highest BCUT2D eigenvalue weighted by Gasteiger charge is 2.31. The molecule has 0 spiro atoms. The van der Waals surface area contributed by atoms with Crippen LogP contribution in [0.15, 0.2) is 78.2 Å². The number of nitrogens with two attached hydrogens (primary N) is 1. The number of nitrogens with zero attached hydrogens (tertiary/aromatic N) is 1. The third-order valence-electron chi connectivity index (χ3n) is 5.62. The van der Waals surface area contributed by atoms with Crippen LogP contribution in [-0.2, 0) is 11.2 Å². The zero-order valence-electron chi connectivity index (χ0n) is 19.6. The van der Waals surface area contributed by atoms with Gasteiger partial charge >= 0.3 is 5.97 Å². The number of ether oxygens (including phenoxy) is 4. The van der Waals surface area contributed by atoms with Gasteiger partial charge in [-0.15, -0.1) is 0 Å². The standard InChI is InChI=1S/C28H26N2O5/c1-3-14-33-21-10-6-19(7-11-21)27-23-13-12-22(16-25(23)35-28(30)24(27)17-29)34-26(31)15-18-4-8-20(32-2)9-5-18/h4-13,16,27H,3,14-15,30H2,1-2H3. The van der Waals surface area contributed by atoms with Crippen molar-refractivity contribution in [2.75, 3.05) is 13.7 Å². The molecule has 3 aromatic rings. The van der Waals surface area contributed by atoms with Crippen molar-refractivity contribution in [2.45, 2.75) is 25.7 Å². The number of carbonyl (C=O) groups is 1. The van der Waals surface area contributed by atoms with Crippen molar-refractivity contribution in [3.8, 4) is 29.1 Å². The van der Waals surface area contributed by atoms with Crippen LogP contribution in [0.2, 0.25) is 0 Å². The maximum atomic E-state index is 12.5. The first-order valence-electron chi connectivity index (χ1n) is 11.3. The van der Waals surface area contributed by atoms with Gasteiger partial charge < -0.3 is 24.7 Å². The maximum Gasteiger partial charge on any atom is 0.315 e. The lowest BCUT2D eigenvalue weighted by atomic mass is 9.83. The van der Waals surface area contributed by atoms with E-state index in [-0.39, 0.29) is 12.3 Å². The van der Waals surface area contributed by atoms with E-state index in [9.17, 15) is 10.1 Å². The van der Waals surface area contributed by atoms with Gasteiger partial charge in [-0.25, -0.2) is 0 Å². The van der Waals surface area contributed by atoms with Gasteiger partial charge in [0.15, 0.2) is 0 Å². The second-order valence-electron chi connectivity index (χ2n) is 8.04. The quantitative estimate of drug-likeness (QED) is 0.371. The smallest absolute Gasteiger partial charge is 0.315 e. The number of hydrogen-bond donors (Lipinski definition) is 1. The molecule has 1 aliphatic rings. The van der Waals surface area contributed by atoms with Crippen LogP contribution in [0.4, 0.5) is 0 Å². The average molecular weight is 471 g/mol. The van der Waals surface area contributed by atoms with Crippen molar-refractivity contribution in [1.29, 1.82) is 5.26 Å². The van der Waals surface area contributed by atoms with Crippen LogP contribution in [0.5, 0.6) is 23.0 Å². The Balaban J connectivity index is 1.55. The predicted octanol–water partition coefficient (Wildman–Crippen LogP) is 4.85. The van der Waals surface area contributed by atoms with Crippen molar-refractivity contribution >= 4 is 5.97 Å². The fraction of sp³-hybridized carbons (Fsp3) is 0.214. The van der Waals surface area contributed by atoms with Crippen molar-refractivity contribution in [2.24, 2.45) is 5.73 Å². The minimum absolute atomic E-state index is 0.0259. The Labute approximate surface area is 204 Å². The van der Waals surface area contributed by atoms with E-state index in [0.29, 0.717) is 29.4 Å². The van der Waals surface area contributed by atoms with Crippen LogP contribution in [0.1, 0.15) is 36.0 Å². The molecule has 0 radical (unpaired) electrons. The molecular weight excluding hydrogens is 444 g/mol. The highest BCUT2D eigenvalue weighted by molar-refractivity contribution is 5.75. The molecule has 0 bridgehead atoms. The summed E-state index contributed by atoms with van der Waals surface area (Å²) in [7, 11) is 1.59. The molecule has 3 aromatic carbocycles. The molecule has 7 nitrogen and oxygen atoms in total. The zero-order valence-corrected chi connectivity index (χ0v) is 19.6. The van der Waals surface area contributed by atoms with Crippen molar-refractivity contribution in [3.05, 3.63) is 94.9 Å². The number of rotatable bonds is 8. The van der Waals surface area contributed by atoms with Gasteiger partial charge in [0.05, 0.1) is 26.1 Å². The van der Waals surface area contributed by atoms with E-state index < -0.39 is 11.9 Å². The monoisotopic (exact) mass is 470 g/mol. The van der Waals surface area contributed by atoms with Crippen molar-refractivity contribution < 1.29 is 23.7 Å². The summed E-state index contributed by atoms with van der Waals surface area (Å²) in [6.07, 6.45) is 1.03. The van der Waals surface area contributed by atoms with Gasteiger partial charge in [-0.2, -0.15) is 5.26 Å². The molecule has 35 heavy (non-hydrogen) atoms. The molecule has 0 fully saturated rings. The second kappa shape index (κ2) is 10.7. The maximum absolute atomic E-state index is 12.5. The van der Waals surface area contributed by atoms with Gasteiger partial charge in [0.25, 0.3) is 0 Å². The summed E-state index contributed by atoms with van der Waals surface area (Å²) >= 11 is 0. The Kier molecular flexibility index (Phi) is 7.22. The Bertz CT molecular complexity index is 1270. The molecule has 1 atom stereocenters. The van der Waals surface area contributed by atoms with E-state index in [2.05, 4.69) is 6.07 Å². The van der Waals surface area contributed by atoms with Crippen LogP contribution >= 0.6 is 0 Å². The zero-order chi connectivity index (χ0) is 24.8. The van der Waals surface area contributed by atoms with E-state index in [1.54, 1.807) is 37.4 Å². The Morgan fingerprint density at radius 3 is 2.37 bits per heavy atom. The number of esters is 1. The molecule has 1 heterocycles. The fourth-order valence-corrected chi connectivity index (χ4v) is 3.90. The Morgan fingerprint density at radius 2 is 1.71 bits per heavy atom. The first-order chi connectivity index (χ1) is 17.0. The molecule has 178 valence electrons. The molecule has 1 unspecified atom stereocenters. The van der Waals surface area contributed by atoms with Crippen LogP contribution in [0.25, 0.3) is 0 Å².